The summed E-state index contributed by atoms with van der Waals surface area (Å²) in [4.78, 5) is 0.0941. The van der Waals surface area contributed by atoms with E-state index in [4.69, 9.17) is 15.2 Å². The highest BCUT2D eigenvalue weighted by atomic mass is 32.2. The number of anilines is 2. The Hall–Kier alpha value is -0.900. The van der Waals surface area contributed by atoms with E-state index in [0.717, 1.165) is 11.5 Å². The van der Waals surface area contributed by atoms with Crippen molar-refractivity contribution in [2.24, 2.45) is 0 Å². The largest absolute Gasteiger partial charge is 0.382 e. The molecule has 0 saturated heterocycles. The molecular formula is C11H21N3O4S2. The zero-order valence-electron chi connectivity index (χ0n) is 11.9. The van der Waals surface area contributed by atoms with Crippen LogP contribution in [0.15, 0.2) is 4.90 Å². The number of aromatic nitrogens is 1. The minimum Gasteiger partial charge on any atom is -0.382 e. The summed E-state index contributed by atoms with van der Waals surface area (Å²) in [5.41, 5.74) is 5.68. The van der Waals surface area contributed by atoms with Gasteiger partial charge < -0.3 is 20.5 Å². The van der Waals surface area contributed by atoms with Crippen LogP contribution in [0, 0.1) is 0 Å². The molecule has 1 rings (SSSR count). The molecule has 0 amide bonds. The van der Waals surface area contributed by atoms with E-state index in [2.05, 4.69) is 9.69 Å². The topological polar surface area (TPSA) is 104 Å². The van der Waals surface area contributed by atoms with Crippen LogP contribution in [0.1, 0.15) is 13.3 Å². The van der Waals surface area contributed by atoms with Crippen LogP contribution in [0.4, 0.5) is 10.8 Å². The van der Waals surface area contributed by atoms with E-state index in [1.165, 1.54) is 0 Å². The number of hydrogen-bond donors (Lipinski definition) is 2. The van der Waals surface area contributed by atoms with E-state index in [9.17, 15) is 8.42 Å². The van der Waals surface area contributed by atoms with Gasteiger partial charge in [-0.3, -0.25) is 0 Å². The third kappa shape index (κ3) is 4.30. The Balaban J connectivity index is 2.87. The molecule has 0 radical (unpaired) electrons. The lowest BCUT2D eigenvalue weighted by atomic mass is 10.4. The normalized spacial score (nSPS) is 13.3. The van der Waals surface area contributed by atoms with Crippen LogP contribution in [0.2, 0.25) is 0 Å². The van der Waals surface area contributed by atoms with Crippen LogP contribution in [0.3, 0.4) is 0 Å². The molecule has 1 aromatic rings. The van der Waals surface area contributed by atoms with Gasteiger partial charge in [-0.05, 0) is 18.0 Å². The lowest BCUT2D eigenvalue weighted by Gasteiger charge is -2.15. The fraction of sp³-hybridized carbons (Fsp3) is 0.727. The van der Waals surface area contributed by atoms with E-state index in [-0.39, 0.29) is 22.6 Å². The van der Waals surface area contributed by atoms with Crippen LogP contribution in [0.5, 0.6) is 0 Å². The predicted octanol–water partition coefficient (Wildman–Crippen LogP) is 0.982. The second kappa shape index (κ2) is 7.77. The third-order valence-corrected chi connectivity index (χ3v) is 5.56. The quantitative estimate of drug-likeness (QED) is 0.698. The average Bonchev–Trinajstić information content (AvgIpc) is 2.76. The standard InChI is InChI=1S/C11H21N3O4S2/c1-4-5-20(15,16)9-10(12)14-19-11(9)13-6-8(18-3)7-17-2/h8,13H,4-7H2,1-3H3,(H2,12,14). The Labute approximate surface area is 123 Å². The van der Waals surface area contributed by atoms with E-state index in [1.54, 1.807) is 21.1 Å². The second-order valence-corrected chi connectivity index (χ2v) is 7.06. The minimum atomic E-state index is -3.41. The molecule has 0 aliphatic carbocycles. The SMILES string of the molecule is CCCS(=O)(=O)c1c(N)nsc1NCC(COC)OC. The van der Waals surface area contributed by atoms with Crippen molar-refractivity contribution >= 4 is 32.2 Å². The molecule has 0 spiro atoms. The van der Waals surface area contributed by atoms with Gasteiger partial charge in [0.05, 0.1) is 18.5 Å². The maximum Gasteiger partial charge on any atom is 0.185 e. The van der Waals surface area contributed by atoms with Gasteiger partial charge in [0.1, 0.15) is 9.90 Å². The molecule has 3 N–H and O–H groups in total. The van der Waals surface area contributed by atoms with Gasteiger partial charge in [-0.25, -0.2) is 8.42 Å². The Morgan fingerprint density at radius 3 is 2.70 bits per heavy atom. The summed E-state index contributed by atoms with van der Waals surface area (Å²) in [5.74, 6) is 0.0995. The van der Waals surface area contributed by atoms with E-state index in [0.29, 0.717) is 24.6 Å². The molecule has 1 heterocycles. The first-order valence-corrected chi connectivity index (χ1v) is 8.62. The van der Waals surface area contributed by atoms with Gasteiger partial charge in [-0.15, -0.1) is 0 Å². The molecule has 0 aliphatic rings. The van der Waals surface area contributed by atoms with Crippen LogP contribution in [-0.2, 0) is 19.3 Å². The van der Waals surface area contributed by atoms with Crippen LogP contribution in [0.25, 0.3) is 0 Å². The van der Waals surface area contributed by atoms with Crippen molar-refractivity contribution in [2.75, 3.05) is 44.2 Å². The molecule has 0 aliphatic heterocycles. The van der Waals surface area contributed by atoms with Crippen molar-refractivity contribution in [3.8, 4) is 0 Å². The molecule has 1 atom stereocenters. The maximum atomic E-state index is 12.2. The summed E-state index contributed by atoms with van der Waals surface area (Å²) in [7, 11) is -0.259. The number of nitrogens with one attached hydrogen (secondary N) is 1. The molecule has 0 bridgehead atoms. The van der Waals surface area contributed by atoms with Crippen molar-refractivity contribution in [1.82, 2.24) is 4.37 Å². The first kappa shape index (κ1) is 17.2. The summed E-state index contributed by atoms with van der Waals surface area (Å²) in [6.07, 6.45) is 0.353. The molecular weight excluding hydrogens is 302 g/mol. The highest BCUT2D eigenvalue weighted by molar-refractivity contribution is 7.91. The Bertz CT molecular complexity index is 516. The molecule has 0 saturated carbocycles. The fourth-order valence-corrected chi connectivity index (χ4v) is 4.31. The molecule has 0 fully saturated rings. The van der Waals surface area contributed by atoms with Gasteiger partial charge in [0.25, 0.3) is 0 Å². The number of ether oxygens (including phenoxy) is 2. The van der Waals surface area contributed by atoms with E-state index < -0.39 is 9.84 Å². The number of sulfone groups is 1. The third-order valence-electron chi connectivity index (χ3n) is 2.63. The van der Waals surface area contributed by atoms with Gasteiger partial charge in [0, 0.05) is 20.8 Å². The van der Waals surface area contributed by atoms with Gasteiger partial charge in [-0.2, -0.15) is 4.37 Å². The van der Waals surface area contributed by atoms with E-state index in [1.807, 2.05) is 0 Å². The monoisotopic (exact) mass is 323 g/mol. The lowest BCUT2D eigenvalue weighted by molar-refractivity contribution is 0.0366. The number of rotatable bonds is 9. The summed E-state index contributed by atoms with van der Waals surface area (Å²) in [5, 5.41) is 3.48. The number of nitrogen functional groups attached to an aromatic ring is 1. The van der Waals surface area contributed by atoms with Crippen LogP contribution < -0.4 is 11.1 Å². The molecule has 9 heteroatoms. The van der Waals surface area contributed by atoms with Crippen molar-refractivity contribution in [3.63, 3.8) is 0 Å². The van der Waals surface area contributed by atoms with Crippen molar-refractivity contribution in [1.29, 1.82) is 0 Å². The van der Waals surface area contributed by atoms with Crippen molar-refractivity contribution in [3.05, 3.63) is 0 Å². The smallest absolute Gasteiger partial charge is 0.185 e. The first-order chi connectivity index (χ1) is 9.46. The van der Waals surface area contributed by atoms with Crippen LogP contribution in [-0.4, -0.2) is 52.0 Å². The van der Waals surface area contributed by atoms with Gasteiger partial charge in [0.2, 0.25) is 0 Å². The molecule has 116 valence electrons. The molecule has 1 unspecified atom stereocenters. The van der Waals surface area contributed by atoms with Crippen molar-refractivity contribution in [2.45, 2.75) is 24.3 Å². The fourth-order valence-electron chi connectivity index (χ4n) is 1.68. The Morgan fingerprint density at radius 1 is 1.45 bits per heavy atom. The summed E-state index contributed by atoms with van der Waals surface area (Å²) in [6, 6.07) is 0. The minimum absolute atomic E-state index is 0.0478. The average molecular weight is 323 g/mol. The molecule has 7 nitrogen and oxygen atoms in total. The second-order valence-electron chi connectivity index (χ2n) is 4.24. The van der Waals surface area contributed by atoms with Crippen molar-refractivity contribution < 1.29 is 17.9 Å². The first-order valence-electron chi connectivity index (χ1n) is 6.19. The molecule has 1 aromatic heterocycles. The Kier molecular flexibility index (Phi) is 6.66. The molecule has 0 aromatic carbocycles. The molecule has 20 heavy (non-hydrogen) atoms. The number of methoxy groups -OCH3 is 2. The number of nitrogens with two attached hydrogens (primary N) is 1. The van der Waals surface area contributed by atoms with Gasteiger partial charge >= 0.3 is 0 Å². The summed E-state index contributed by atoms with van der Waals surface area (Å²) >= 11 is 1.04. The summed E-state index contributed by atoms with van der Waals surface area (Å²) < 4.78 is 38.5. The highest BCUT2D eigenvalue weighted by Gasteiger charge is 2.25. The van der Waals surface area contributed by atoms with Gasteiger partial charge in [0.15, 0.2) is 15.7 Å². The van der Waals surface area contributed by atoms with Crippen LogP contribution >= 0.6 is 11.5 Å². The predicted molar refractivity (Wildman–Crippen MR) is 80.0 cm³/mol. The Morgan fingerprint density at radius 2 is 2.15 bits per heavy atom. The lowest BCUT2D eigenvalue weighted by Crippen LogP contribution is -2.26. The maximum absolute atomic E-state index is 12.2. The number of nitrogens with zero attached hydrogens (tertiary/aromatic N) is 1. The number of hydrogen-bond acceptors (Lipinski definition) is 8. The zero-order chi connectivity index (χ0) is 15.2. The van der Waals surface area contributed by atoms with E-state index >= 15 is 0 Å². The zero-order valence-corrected chi connectivity index (χ0v) is 13.5. The highest BCUT2D eigenvalue weighted by Crippen LogP contribution is 2.32. The summed E-state index contributed by atoms with van der Waals surface area (Å²) in [6.45, 7) is 2.63. The van der Waals surface area contributed by atoms with Gasteiger partial charge in [-0.1, -0.05) is 6.92 Å².